The number of nitrogens with zero attached hydrogens (tertiary/aromatic N) is 2. The fourth-order valence-corrected chi connectivity index (χ4v) is 1.97. The Morgan fingerprint density at radius 1 is 1.52 bits per heavy atom. The van der Waals surface area contributed by atoms with Crippen molar-refractivity contribution in [3.05, 3.63) is 48.1 Å². The zero-order chi connectivity index (χ0) is 15.4. The van der Waals surface area contributed by atoms with Crippen LogP contribution in [0.2, 0.25) is 0 Å². The summed E-state index contributed by atoms with van der Waals surface area (Å²) in [5.41, 5.74) is 7.51. The minimum absolute atomic E-state index is 0.117. The van der Waals surface area contributed by atoms with Crippen LogP contribution in [0.15, 0.2) is 41.7 Å². The van der Waals surface area contributed by atoms with E-state index in [4.69, 9.17) is 10.5 Å². The molecule has 6 heteroatoms. The number of nitrogens with one attached hydrogen (secondary N) is 1. The summed E-state index contributed by atoms with van der Waals surface area (Å²) in [6.45, 7) is 1.88. The van der Waals surface area contributed by atoms with Gasteiger partial charge in [-0.3, -0.25) is 10.2 Å². The largest absolute Gasteiger partial charge is 0.494 e. The molecule has 0 radical (unpaired) electrons. The van der Waals surface area contributed by atoms with E-state index < -0.39 is 5.82 Å². The molecule has 0 bridgehead atoms. The van der Waals surface area contributed by atoms with Gasteiger partial charge in [0.15, 0.2) is 11.6 Å². The maximum Gasteiger partial charge on any atom is 0.201 e. The van der Waals surface area contributed by atoms with Crippen LogP contribution in [0.4, 0.5) is 4.39 Å². The van der Waals surface area contributed by atoms with Crippen molar-refractivity contribution in [2.75, 3.05) is 14.2 Å². The van der Waals surface area contributed by atoms with Crippen molar-refractivity contribution in [1.29, 1.82) is 0 Å². The monoisotopic (exact) mass is 290 g/mol. The van der Waals surface area contributed by atoms with Crippen molar-refractivity contribution < 1.29 is 9.13 Å². The van der Waals surface area contributed by atoms with Crippen molar-refractivity contribution in [2.24, 2.45) is 10.7 Å². The van der Waals surface area contributed by atoms with Gasteiger partial charge in [0.25, 0.3) is 0 Å². The molecule has 0 saturated heterocycles. The van der Waals surface area contributed by atoms with Gasteiger partial charge < -0.3 is 10.5 Å². The molecule has 1 aliphatic rings. The van der Waals surface area contributed by atoms with Crippen LogP contribution in [-0.4, -0.2) is 31.2 Å². The number of hydrogen-bond acceptors (Lipinski definition) is 5. The molecule has 1 aromatic rings. The predicted octanol–water partition coefficient (Wildman–Crippen LogP) is 1.88. The van der Waals surface area contributed by atoms with Gasteiger partial charge in [0, 0.05) is 12.4 Å². The van der Waals surface area contributed by atoms with Gasteiger partial charge in [-0.15, -0.1) is 0 Å². The van der Waals surface area contributed by atoms with Gasteiger partial charge in [-0.1, -0.05) is 6.07 Å². The summed E-state index contributed by atoms with van der Waals surface area (Å²) in [6.07, 6.45) is 5.40. The highest BCUT2D eigenvalue weighted by molar-refractivity contribution is 5.83. The van der Waals surface area contributed by atoms with E-state index in [9.17, 15) is 4.39 Å². The van der Waals surface area contributed by atoms with E-state index in [0.29, 0.717) is 5.96 Å². The molecule has 1 aromatic carbocycles. The lowest BCUT2D eigenvalue weighted by Gasteiger charge is -2.22. The van der Waals surface area contributed by atoms with Crippen molar-refractivity contribution in [3.63, 3.8) is 0 Å². The molecule has 0 aliphatic carbocycles. The second-order valence-electron chi connectivity index (χ2n) is 4.63. The van der Waals surface area contributed by atoms with E-state index >= 15 is 0 Å². The number of likely N-dealkylation sites (N-methyl/N-ethyl adjacent to an activating group) is 1. The van der Waals surface area contributed by atoms with E-state index in [1.165, 1.54) is 13.2 Å². The summed E-state index contributed by atoms with van der Waals surface area (Å²) in [6, 6.07) is 4.83. The molecule has 112 valence electrons. The number of rotatable bonds is 4. The lowest BCUT2D eigenvalue weighted by molar-refractivity contribution is 0.386. The Balaban J connectivity index is 2.22. The van der Waals surface area contributed by atoms with E-state index in [-0.39, 0.29) is 11.9 Å². The van der Waals surface area contributed by atoms with Gasteiger partial charge in [0.05, 0.1) is 7.11 Å². The lowest BCUT2D eigenvalue weighted by atomic mass is 10.1. The third-order valence-corrected chi connectivity index (χ3v) is 3.20. The van der Waals surface area contributed by atoms with Crippen LogP contribution >= 0.6 is 0 Å². The fourth-order valence-electron chi connectivity index (χ4n) is 1.97. The maximum atomic E-state index is 13.7. The summed E-state index contributed by atoms with van der Waals surface area (Å²) in [5.74, 6) is 0.210. The van der Waals surface area contributed by atoms with Crippen LogP contribution in [0, 0.1) is 5.82 Å². The van der Waals surface area contributed by atoms with E-state index in [0.717, 1.165) is 11.1 Å². The third-order valence-electron chi connectivity index (χ3n) is 3.20. The minimum atomic E-state index is -0.395. The van der Waals surface area contributed by atoms with Crippen molar-refractivity contribution in [1.82, 2.24) is 10.2 Å². The van der Waals surface area contributed by atoms with Crippen LogP contribution in [0.3, 0.4) is 0 Å². The highest BCUT2D eigenvalue weighted by Gasteiger charge is 2.12. The van der Waals surface area contributed by atoms with Gasteiger partial charge in [-0.05, 0) is 43.3 Å². The van der Waals surface area contributed by atoms with Crippen LogP contribution in [0.5, 0.6) is 5.75 Å². The molecule has 5 nitrogen and oxygen atoms in total. The molecular formula is C15H19FN4O. The summed E-state index contributed by atoms with van der Waals surface area (Å²) >= 11 is 0. The van der Waals surface area contributed by atoms with E-state index in [2.05, 4.69) is 10.3 Å². The smallest absolute Gasteiger partial charge is 0.201 e. The number of benzene rings is 1. The number of ether oxygens (including phenoxy) is 1. The summed E-state index contributed by atoms with van der Waals surface area (Å²) in [7, 11) is 3.25. The maximum absolute atomic E-state index is 13.7. The molecule has 2 rings (SSSR count). The zero-order valence-corrected chi connectivity index (χ0v) is 12.3. The Labute approximate surface area is 123 Å². The average Bonchev–Trinajstić information content (AvgIpc) is 2.49. The lowest BCUT2D eigenvalue weighted by Crippen LogP contribution is -2.37. The first-order valence-corrected chi connectivity index (χ1v) is 6.54. The first-order chi connectivity index (χ1) is 10.0. The Bertz CT molecular complexity index is 610. The predicted molar refractivity (Wildman–Crippen MR) is 82.1 cm³/mol. The topological polar surface area (TPSA) is 62.9 Å². The Morgan fingerprint density at radius 2 is 2.29 bits per heavy atom. The van der Waals surface area contributed by atoms with Crippen LogP contribution in [0.1, 0.15) is 12.5 Å². The first-order valence-electron chi connectivity index (χ1n) is 6.54. The van der Waals surface area contributed by atoms with Crippen LogP contribution in [0.25, 0.3) is 5.57 Å². The second-order valence-corrected chi connectivity index (χ2v) is 4.63. The zero-order valence-electron chi connectivity index (χ0n) is 12.3. The van der Waals surface area contributed by atoms with Crippen molar-refractivity contribution in [3.8, 4) is 5.75 Å². The number of allylic oxidation sites excluding steroid dienone is 1. The molecule has 0 amide bonds. The highest BCUT2D eigenvalue weighted by Crippen LogP contribution is 2.23. The van der Waals surface area contributed by atoms with Gasteiger partial charge in [0.1, 0.15) is 6.17 Å². The fraction of sp³-hybridized carbons (Fsp3) is 0.267. The van der Waals surface area contributed by atoms with E-state index in [1.54, 1.807) is 17.0 Å². The van der Waals surface area contributed by atoms with Crippen LogP contribution in [-0.2, 0) is 0 Å². The number of methoxy groups -OCH3 is 1. The number of nitrogens with two attached hydrogens (primary N) is 1. The molecule has 21 heavy (non-hydrogen) atoms. The number of guanidine groups is 1. The quantitative estimate of drug-likeness (QED) is 0.889. The summed E-state index contributed by atoms with van der Waals surface area (Å²) in [4.78, 5) is 5.96. The third kappa shape index (κ3) is 3.41. The first kappa shape index (κ1) is 15.1. The van der Waals surface area contributed by atoms with Gasteiger partial charge in [0.2, 0.25) is 5.96 Å². The Kier molecular flexibility index (Phi) is 4.59. The molecule has 0 saturated carbocycles. The molecule has 0 aromatic heterocycles. The summed E-state index contributed by atoms with van der Waals surface area (Å²) in [5, 5.41) is 2.99. The van der Waals surface area contributed by atoms with Crippen molar-refractivity contribution in [2.45, 2.75) is 13.1 Å². The minimum Gasteiger partial charge on any atom is -0.494 e. The number of aliphatic imine (C=N–C) groups is 1. The molecule has 1 unspecified atom stereocenters. The molecule has 0 fully saturated rings. The van der Waals surface area contributed by atoms with Gasteiger partial charge in [-0.25, -0.2) is 9.38 Å². The summed E-state index contributed by atoms with van der Waals surface area (Å²) < 4.78 is 18.6. The molecule has 0 spiro atoms. The van der Waals surface area contributed by atoms with Crippen LogP contribution < -0.4 is 15.8 Å². The number of hydrogen-bond donors (Lipinski definition) is 2. The molecule has 1 aliphatic heterocycles. The Hall–Kier alpha value is -2.34. The molecule has 1 heterocycles. The van der Waals surface area contributed by atoms with Gasteiger partial charge in [-0.2, -0.15) is 0 Å². The molecule has 1 atom stereocenters. The van der Waals surface area contributed by atoms with Gasteiger partial charge >= 0.3 is 0 Å². The average molecular weight is 290 g/mol. The standard InChI is InChI=1S/C15H19FN4O/c1-10(11-4-5-13(21-3)12(16)8-11)9-20-7-6-14(18-2)19-15(20)17/h4-9,14,18H,1-3H3,(H2,17,19). The normalized spacial score (nSPS) is 18.7. The SMILES string of the molecule is CNC1C=CN(C=C(C)c2ccc(OC)c(F)c2)C(N)=N1. The highest BCUT2D eigenvalue weighted by atomic mass is 19.1. The van der Waals surface area contributed by atoms with Crippen molar-refractivity contribution >= 4 is 11.5 Å². The molecule has 3 N–H and O–H groups in total. The Morgan fingerprint density at radius 3 is 2.86 bits per heavy atom. The number of halogens is 1. The van der Waals surface area contributed by atoms with E-state index in [1.807, 2.05) is 32.4 Å². The second kappa shape index (κ2) is 6.41. The molecular weight excluding hydrogens is 271 g/mol.